The SMILES string of the molecule is C=CC(=O)N1C[C@@H](C)N(C(=O)N(C)[C@H](C(=O)N[C@H]2Cc3nc(cs3)-c3ccc4c(c3)C(CC(C)(C)COC(=O)[C@@H]3CCCN(N3)C2=O)C(C)(c2cccnc2[C@H](C)OC)O4)C(C)C)[C@H](C)C1. The van der Waals surface area contributed by atoms with Crippen molar-refractivity contribution >= 4 is 41.1 Å². The van der Waals surface area contributed by atoms with Crippen molar-refractivity contribution in [2.75, 3.05) is 40.4 Å². The number of nitrogens with zero attached hydrogens (tertiary/aromatic N) is 6. The number of benzene rings is 1. The molecule has 0 aliphatic carbocycles. The standard InChI is InChI=1S/C49H66N8O8S/c1-12-41(58)55-24-29(4)57(30(5)25-55)47(62)54(10)43(28(2)3)44(59)52-37-22-40-51-38(26-66-40)32-17-18-39-33(21-32)35(49(9,65-39)34-15-13-19-50-42(34)31(6)63-11)23-48(7,8)27-64-46(61)36-16-14-20-56(53-36)45(37)60/h12-13,15,17-19,21,26,28-31,35-37,43,53H,1,14,16,20,22-25,27H2,2-11H3,(H,52,59)/t29-,30-,31+,35?,36+,37+,43+,49?/m1/s1. The maximum atomic E-state index is 14.7. The highest BCUT2D eigenvalue weighted by Gasteiger charge is 2.50. The molecule has 356 valence electrons. The molecule has 8 atom stereocenters. The predicted molar refractivity (Wildman–Crippen MR) is 250 cm³/mol. The van der Waals surface area contributed by atoms with E-state index >= 15 is 0 Å². The van der Waals surface area contributed by atoms with Crippen LogP contribution in [0.25, 0.3) is 11.3 Å². The minimum absolute atomic E-state index is 0.0583. The number of carbonyl (C=O) groups is 5. The van der Waals surface area contributed by atoms with Crippen LogP contribution in [0, 0.1) is 11.3 Å². The normalized spacial score (nSPS) is 26.3. The number of hydrazine groups is 1. The lowest BCUT2D eigenvalue weighted by Gasteiger charge is -2.46. The molecule has 0 saturated carbocycles. The van der Waals surface area contributed by atoms with E-state index in [9.17, 15) is 24.0 Å². The number of esters is 1. The summed E-state index contributed by atoms with van der Waals surface area (Å²) in [5, 5.41) is 7.01. The quantitative estimate of drug-likeness (QED) is 0.201. The van der Waals surface area contributed by atoms with Crippen LogP contribution in [0.5, 0.6) is 5.75 Å². The fourth-order valence-electron chi connectivity index (χ4n) is 10.2. The van der Waals surface area contributed by atoms with Crippen LogP contribution in [0.4, 0.5) is 4.79 Å². The number of aromatic nitrogens is 2. The maximum absolute atomic E-state index is 14.7. The molecule has 5 amide bonds. The van der Waals surface area contributed by atoms with Gasteiger partial charge in [-0.05, 0) is 88.6 Å². The predicted octanol–water partition coefficient (Wildman–Crippen LogP) is 5.98. The van der Waals surface area contributed by atoms with Gasteiger partial charge in [-0.15, -0.1) is 11.3 Å². The van der Waals surface area contributed by atoms with Gasteiger partial charge in [0.05, 0.1) is 29.1 Å². The van der Waals surface area contributed by atoms with E-state index in [1.54, 1.807) is 30.2 Å². The molecule has 6 bridgehead atoms. The molecule has 6 heterocycles. The van der Waals surface area contributed by atoms with Gasteiger partial charge in [0, 0.05) is 86.5 Å². The Morgan fingerprint density at radius 2 is 1.83 bits per heavy atom. The van der Waals surface area contributed by atoms with Gasteiger partial charge in [-0.3, -0.25) is 29.2 Å². The van der Waals surface area contributed by atoms with Crippen LogP contribution >= 0.6 is 11.3 Å². The van der Waals surface area contributed by atoms with Gasteiger partial charge in [0.2, 0.25) is 11.8 Å². The van der Waals surface area contributed by atoms with E-state index in [0.717, 1.165) is 28.1 Å². The van der Waals surface area contributed by atoms with Gasteiger partial charge in [0.15, 0.2) is 0 Å². The van der Waals surface area contributed by atoms with Crippen molar-refractivity contribution in [3.05, 3.63) is 76.4 Å². The Hall–Kier alpha value is -5.39. The monoisotopic (exact) mass is 926 g/mol. The van der Waals surface area contributed by atoms with Crippen LogP contribution in [0.15, 0.2) is 54.6 Å². The highest BCUT2D eigenvalue weighted by atomic mass is 32.1. The first-order valence-corrected chi connectivity index (χ1v) is 23.9. The highest BCUT2D eigenvalue weighted by Crippen LogP contribution is 2.56. The zero-order valence-electron chi connectivity index (χ0n) is 40.0. The molecule has 0 spiro atoms. The number of likely N-dealkylation sites (N-methyl/N-ethyl adjacent to an activating group) is 1. The van der Waals surface area contributed by atoms with Crippen LogP contribution < -0.4 is 15.5 Å². The van der Waals surface area contributed by atoms with Crippen LogP contribution in [-0.4, -0.2) is 130 Å². The van der Waals surface area contributed by atoms with E-state index in [2.05, 4.69) is 44.2 Å². The number of pyridine rings is 1. The lowest BCUT2D eigenvalue weighted by molar-refractivity contribution is -0.156. The summed E-state index contributed by atoms with van der Waals surface area (Å²) in [6.07, 6.45) is 4.38. The molecule has 17 heteroatoms. The molecule has 7 rings (SSSR count). The average molecular weight is 927 g/mol. The summed E-state index contributed by atoms with van der Waals surface area (Å²) in [5.74, 6) is -1.40. The summed E-state index contributed by atoms with van der Waals surface area (Å²) in [4.78, 5) is 84.5. The zero-order valence-corrected chi connectivity index (χ0v) is 40.8. The molecule has 3 aromatic rings. The van der Waals surface area contributed by atoms with E-state index in [1.807, 2.05) is 64.3 Å². The number of piperazine rings is 1. The number of rotatable bonds is 8. The Kier molecular flexibility index (Phi) is 14.3. The summed E-state index contributed by atoms with van der Waals surface area (Å²) in [5.41, 5.74) is 6.03. The van der Waals surface area contributed by atoms with Gasteiger partial charge >= 0.3 is 12.0 Å². The van der Waals surface area contributed by atoms with Gasteiger partial charge < -0.3 is 34.2 Å². The maximum Gasteiger partial charge on any atom is 0.324 e. The number of urea groups is 1. The van der Waals surface area contributed by atoms with Crippen molar-refractivity contribution in [1.82, 2.24) is 40.4 Å². The summed E-state index contributed by atoms with van der Waals surface area (Å²) < 4.78 is 18.8. The van der Waals surface area contributed by atoms with Crippen molar-refractivity contribution < 1.29 is 38.2 Å². The number of hydrogen-bond donors (Lipinski definition) is 2. The van der Waals surface area contributed by atoms with E-state index in [1.165, 1.54) is 27.3 Å². The molecule has 2 fully saturated rings. The van der Waals surface area contributed by atoms with Gasteiger partial charge in [0.1, 0.15) is 29.5 Å². The first-order chi connectivity index (χ1) is 31.3. The van der Waals surface area contributed by atoms with E-state index in [-0.39, 0.29) is 55.0 Å². The second-order valence-corrected chi connectivity index (χ2v) is 20.6. The number of amides is 5. The Morgan fingerprint density at radius 3 is 2.52 bits per heavy atom. The van der Waals surface area contributed by atoms with Crippen molar-refractivity contribution in [3.63, 3.8) is 0 Å². The van der Waals surface area contributed by atoms with Crippen molar-refractivity contribution in [3.8, 4) is 17.0 Å². The summed E-state index contributed by atoms with van der Waals surface area (Å²) in [6.45, 7) is 20.4. The molecule has 4 aliphatic rings. The molecule has 2 N–H and O–H groups in total. The molecule has 4 aliphatic heterocycles. The number of carbonyl (C=O) groups excluding carboxylic acids is 5. The lowest BCUT2D eigenvalue weighted by Crippen LogP contribution is -2.65. The molecular formula is C49H66N8O8S. The molecule has 16 nitrogen and oxygen atoms in total. The van der Waals surface area contributed by atoms with Crippen LogP contribution in [0.3, 0.4) is 0 Å². The number of nitrogens with one attached hydrogen (secondary N) is 2. The summed E-state index contributed by atoms with van der Waals surface area (Å²) in [6, 6.07) is 6.18. The Morgan fingerprint density at radius 1 is 1.11 bits per heavy atom. The Labute approximate surface area is 392 Å². The van der Waals surface area contributed by atoms with Crippen molar-refractivity contribution in [2.45, 2.75) is 129 Å². The van der Waals surface area contributed by atoms with Crippen LogP contribution in [-0.2, 0) is 40.7 Å². The number of fused-ring (bicyclic) bond motifs is 6. The van der Waals surface area contributed by atoms with Gasteiger partial charge in [-0.2, -0.15) is 0 Å². The van der Waals surface area contributed by atoms with Crippen molar-refractivity contribution in [1.29, 1.82) is 0 Å². The number of cyclic esters (lactones) is 1. The van der Waals surface area contributed by atoms with Gasteiger partial charge in [0.25, 0.3) is 5.91 Å². The largest absolute Gasteiger partial charge is 0.482 e. The van der Waals surface area contributed by atoms with Crippen molar-refractivity contribution in [2.24, 2.45) is 11.3 Å². The number of ether oxygens (including phenoxy) is 3. The summed E-state index contributed by atoms with van der Waals surface area (Å²) in [7, 11) is 3.26. The third-order valence-corrected chi connectivity index (χ3v) is 14.5. The first-order valence-electron chi connectivity index (χ1n) is 23.0. The van der Waals surface area contributed by atoms with Gasteiger partial charge in [-0.25, -0.2) is 15.2 Å². The number of hydrogen-bond acceptors (Lipinski definition) is 12. The van der Waals surface area contributed by atoms with E-state index in [0.29, 0.717) is 49.6 Å². The zero-order chi connectivity index (χ0) is 47.8. The third-order valence-electron chi connectivity index (χ3n) is 13.7. The van der Waals surface area contributed by atoms with E-state index in [4.69, 9.17) is 24.2 Å². The van der Waals surface area contributed by atoms with E-state index < -0.39 is 46.9 Å². The lowest BCUT2D eigenvalue weighted by atomic mass is 9.71. The second-order valence-electron chi connectivity index (χ2n) is 19.6. The fraction of sp³-hybridized carbons (Fsp3) is 0.571. The highest BCUT2D eigenvalue weighted by molar-refractivity contribution is 7.10. The number of thiazole rings is 1. The molecule has 0 radical (unpaired) electrons. The van der Waals surface area contributed by atoms with Crippen LogP contribution in [0.1, 0.15) is 109 Å². The third kappa shape index (κ3) is 9.70. The Bertz CT molecular complexity index is 2320. The summed E-state index contributed by atoms with van der Waals surface area (Å²) >= 11 is 1.39. The van der Waals surface area contributed by atoms with Gasteiger partial charge in [-0.1, -0.05) is 40.3 Å². The second kappa shape index (κ2) is 19.4. The minimum Gasteiger partial charge on any atom is -0.482 e. The smallest absolute Gasteiger partial charge is 0.324 e. The molecular weight excluding hydrogens is 861 g/mol. The molecule has 2 aromatic heterocycles. The average Bonchev–Trinajstić information content (AvgIpc) is 3.87. The first kappa shape index (κ1) is 48.5. The topological polar surface area (TPSA) is 176 Å². The molecule has 2 saturated heterocycles. The fourth-order valence-corrected chi connectivity index (χ4v) is 11.0. The molecule has 1 aromatic carbocycles. The number of methoxy groups -OCH3 is 1. The minimum atomic E-state index is -1.10. The molecule has 2 unspecified atom stereocenters. The molecule has 66 heavy (non-hydrogen) atoms. The Balaban J connectivity index is 1.22. The van der Waals surface area contributed by atoms with Crippen LogP contribution in [0.2, 0.25) is 0 Å².